The van der Waals surface area contributed by atoms with E-state index in [4.69, 9.17) is 5.73 Å². The highest BCUT2D eigenvalue weighted by Crippen LogP contribution is 2.34. The van der Waals surface area contributed by atoms with Gasteiger partial charge in [0.25, 0.3) is 11.6 Å². The molecular formula is C21H16FN3O4S. The smallest absolute Gasteiger partial charge is 0.270 e. The first-order chi connectivity index (χ1) is 14.3. The summed E-state index contributed by atoms with van der Waals surface area (Å²) in [5.74, 6) is -1.67. The number of rotatable bonds is 6. The lowest BCUT2D eigenvalue weighted by Crippen LogP contribution is -2.15. The lowest BCUT2D eigenvalue weighted by atomic mass is 10.1. The van der Waals surface area contributed by atoms with Crippen molar-refractivity contribution in [1.29, 1.82) is 0 Å². The van der Waals surface area contributed by atoms with Gasteiger partial charge in [-0.25, -0.2) is 4.39 Å². The molecule has 0 fully saturated rings. The molecule has 0 radical (unpaired) electrons. The van der Waals surface area contributed by atoms with Crippen LogP contribution in [0, 0.1) is 22.9 Å². The quantitative estimate of drug-likeness (QED) is 0.444. The van der Waals surface area contributed by atoms with Gasteiger partial charge in [0.15, 0.2) is 0 Å². The van der Waals surface area contributed by atoms with Gasteiger partial charge in [-0.05, 0) is 48.9 Å². The van der Waals surface area contributed by atoms with Crippen LogP contribution in [0.3, 0.4) is 0 Å². The standard InChI is InChI=1S/C21H16FN3O4S/c1-12-10-13(6-8-15(12)20(23)26)24-21(27)16-11-14(25(28)29)7-9-18(16)30-19-5-3-2-4-17(19)22/h2-11H,1H3,(H2,23,26)(H,24,27). The molecule has 9 heteroatoms. The summed E-state index contributed by atoms with van der Waals surface area (Å²) in [5.41, 5.74) is 6.31. The third-order valence-electron chi connectivity index (χ3n) is 4.22. The first-order valence-corrected chi connectivity index (χ1v) is 9.50. The molecule has 3 aromatic carbocycles. The van der Waals surface area contributed by atoms with Crippen LogP contribution in [0.5, 0.6) is 0 Å². The van der Waals surface area contributed by atoms with Crippen molar-refractivity contribution in [3.63, 3.8) is 0 Å². The van der Waals surface area contributed by atoms with Crippen molar-refractivity contribution in [2.75, 3.05) is 5.32 Å². The minimum Gasteiger partial charge on any atom is -0.366 e. The number of halogens is 1. The van der Waals surface area contributed by atoms with Crippen LogP contribution < -0.4 is 11.1 Å². The first kappa shape index (κ1) is 21.0. The number of aryl methyl sites for hydroxylation is 1. The largest absolute Gasteiger partial charge is 0.366 e. The van der Waals surface area contributed by atoms with Crippen molar-refractivity contribution in [1.82, 2.24) is 0 Å². The number of anilines is 1. The van der Waals surface area contributed by atoms with E-state index in [1.54, 1.807) is 31.2 Å². The average molecular weight is 425 g/mol. The molecule has 0 atom stereocenters. The number of nitrogens with zero attached hydrogens (tertiary/aromatic N) is 1. The lowest BCUT2D eigenvalue weighted by Gasteiger charge is -2.12. The van der Waals surface area contributed by atoms with E-state index in [0.717, 1.165) is 17.8 Å². The molecule has 0 heterocycles. The van der Waals surface area contributed by atoms with Crippen molar-refractivity contribution >= 4 is 35.0 Å². The van der Waals surface area contributed by atoms with Crippen LogP contribution in [0.1, 0.15) is 26.3 Å². The van der Waals surface area contributed by atoms with Crippen molar-refractivity contribution in [2.45, 2.75) is 16.7 Å². The fourth-order valence-electron chi connectivity index (χ4n) is 2.76. The first-order valence-electron chi connectivity index (χ1n) is 8.69. The Balaban J connectivity index is 1.96. The molecular weight excluding hydrogens is 409 g/mol. The van der Waals surface area contributed by atoms with Crippen molar-refractivity contribution in [3.05, 3.63) is 93.3 Å². The number of hydrogen-bond donors (Lipinski definition) is 2. The number of nitro benzene ring substituents is 1. The highest BCUT2D eigenvalue weighted by Gasteiger charge is 2.19. The number of nitrogens with two attached hydrogens (primary N) is 1. The summed E-state index contributed by atoms with van der Waals surface area (Å²) >= 11 is 0.990. The summed E-state index contributed by atoms with van der Waals surface area (Å²) in [7, 11) is 0. The van der Waals surface area contributed by atoms with Gasteiger partial charge in [0.2, 0.25) is 5.91 Å². The van der Waals surface area contributed by atoms with Gasteiger partial charge >= 0.3 is 0 Å². The number of amides is 2. The fourth-order valence-corrected chi connectivity index (χ4v) is 3.71. The maximum Gasteiger partial charge on any atom is 0.270 e. The molecule has 2 amide bonds. The number of hydrogen-bond acceptors (Lipinski definition) is 5. The predicted octanol–water partition coefficient (Wildman–Crippen LogP) is 4.54. The minimum absolute atomic E-state index is 0.0223. The van der Waals surface area contributed by atoms with Gasteiger partial charge in [-0.2, -0.15) is 0 Å². The van der Waals surface area contributed by atoms with Crippen LogP contribution >= 0.6 is 11.8 Å². The van der Waals surface area contributed by atoms with Gasteiger partial charge in [0.1, 0.15) is 5.82 Å². The van der Waals surface area contributed by atoms with E-state index in [0.29, 0.717) is 21.7 Å². The van der Waals surface area contributed by atoms with Crippen molar-refractivity contribution in [2.24, 2.45) is 5.73 Å². The molecule has 0 aliphatic rings. The number of nitrogens with one attached hydrogen (secondary N) is 1. The SMILES string of the molecule is Cc1cc(NC(=O)c2cc([N+](=O)[O-])ccc2Sc2ccccc2F)ccc1C(N)=O. The lowest BCUT2D eigenvalue weighted by molar-refractivity contribution is -0.384. The van der Waals surface area contributed by atoms with Crippen LogP contribution in [0.4, 0.5) is 15.8 Å². The van der Waals surface area contributed by atoms with Gasteiger partial charge in [-0.15, -0.1) is 0 Å². The molecule has 3 rings (SSSR count). The molecule has 0 unspecified atom stereocenters. The van der Waals surface area contributed by atoms with E-state index in [1.165, 1.54) is 30.3 Å². The number of non-ortho nitro benzene ring substituents is 1. The third-order valence-corrected chi connectivity index (χ3v) is 5.35. The summed E-state index contributed by atoms with van der Waals surface area (Å²) < 4.78 is 14.0. The van der Waals surface area contributed by atoms with Crippen LogP contribution in [-0.2, 0) is 0 Å². The highest BCUT2D eigenvalue weighted by atomic mass is 32.2. The van der Waals surface area contributed by atoms with Gasteiger partial charge in [0, 0.05) is 33.2 Å². The molecule has 0 saturated carbocycles. The molecule has 0 spiro atoms. The second kappa shape index (κ2) is 8.75. The number of benzene rings is 3. The highest BCUT2D eigenvalue weighted by molar-refractivity contribution is 7.99. The Labute approximate surface area is 175 Å². The minimum atomic E-state index is -0.611. The van der Waals surface area contributed by atoms with Gasteiger partial charge < -0.3 is 11.1 Å². The molecule has 7 nitrogen and oxygen atoms in total. The summed E-state index contributed by atoms with van der Waals surface area (Å²) in [4.78, 5) is 35.4. The maximum atomic E-state index is 14.0. The van der Waals surface area contributed by atoms with Gasteiger partial charge in [0.05, 0.1) is 10.5 Å². The second-order valence-corrected chi connectivity index (χ2v) is 7.40. The van der Waals surface area contributed by atoms with E-state index in [1.807, 2.05) is 0 Å². The molecule has 0 saturated heterocycles. The van der Waals surface area contributed by atoms with Gasteiger partial charge in [-0.3, -0.25) is 19.7 Å². The Hall–Kier alpha value is -3.72. The molecule has 3 aromatic rings. The Morgan fingerprint density at radius 1 is 1.03 bits per heavy atom. The average Bonchev–Trinajstić information content (AvgIpc) is 2.69. The topological polar surface area (TPSA) is 115 Å². The summed E-state index contributed by atoms with van der Waals surface area (Å²) in [5, 5.41) is 13.8. The molecule has 0 aromatic heterocycles. The van der Waals surface area contributed by atoms with Crippen molar-refractivity contribution in [3.8, 4) is 0 Å². The normalized spacial score (nSPS) is 10.5. The monoisotopic (exact) mass is 425 g/mol. The zero-order valence-corrected chi connectivity index (χ0v) is 16.5. The fraction of sp³-hybridized carbons (Fsp3) is 0.0476. The van der Waals surface area contributed by atoms with Crippen LogP contribution in [0.25, 0.3) is 0 Å². The third kappa shape index (κ3) is 4.64. The zero-order chi connectivity index (χ0) is 21.8. The van der Waals surface area contributed by atoms with Crippen LogP contribution in [-0.4, -0.2) is 16.7 Å². The number of nitro groups is 1. The van der Waals surface area contributed by atoms with E-state index < -0.39 is 22.6 Å². The van der Waals surface area contributed by atoms with E-state index in [2.05, 4.69) is 5.32 Å². The Morgan fingerprint density at radius 2 is 1.77 bits per heavy atom. The molecule has 0 bridgehead atoms. The summed E-state index contributed by atoms with van der Waals surface area (Å²) in [6.07, 6.45) is 0. The number of primary amides is 1. The summed E-state index contributed by atoms with van der Waals surface area (Å²) in [6.45, 7) is 1.67. The van der Waals surface area contributed by atoms with Crippen molar-refractivity contribution < 1.29 is 18.9 Å². The van der Waals surface area contributed by atoms with E-state index in [-0.39, 0.29) is 16.1 Å². The Bertz CT molecular complexity index is 1170. The molecule has 0 aliphatic heterocycles. The molecule has 3 N–H and O–H groups in total. The second-order valence-electron chi connectivity index (χ2n) is 6.32. The number of carbonyl (C=O) groups is 2. The zero-order valence-electron chi connectivity index (χ0n) is 15.7. The van der Waals surface area contributed by atoms with Crippen LogP contribution in [0.2, 0.25) is 0 Å². The molecule has 30 heavy (non-hydrogen) atoms. The number of carbonyl (C=O) groups excluding carboxylic acids is 2. The molecule has 152 valence electrons. The van der Waals surface area contributed by atoms with Gasteiger partial charge in [-0.1, -0.05) is 23.9 Å². The predicted molar refractivity (Wildman–Crippen MR) is 111 cm³/mol. The molecule has 0 aliphatic carbocycles. The Morgan fingerprint density at radius 3 is 2.40 bits per heavy atom. The maximum absolute atomic E-state index is 14.0. The van der Waals surface area contributed by atoms with Crippen LogP contribution in [0.15, 0.2) is 70.5 Å². The van der Waals surface area contributed by atoms with E-state index >= 15 is 0 Å². The summed E-state index contributed by atoms with van der Waals surface area (Å²) in [6, 6.07) is 14.4. The Kier molecular flexibility index (Phi) is 6.12. The van der Waals surface area contributed by atoms with E-state index in [9.17, 15) is 24.1 Å².